The van der Waals surface area contributed by atoms with Gasteiger partial charge in [0.15, 0.2) is 0 Å². The van der Waals surface area contributed by atoms with Gasteiger partial charge >= 0.3 is 0 Å². The molecular formula is C20H35N5O3. The highest BCUT2D eigenvalue weighted by Gasteiger charge is 2.53. The fraction of sp³-hybridized carbons (Fsp3) is 0.800. The van der Waals surface area contributed by atoms with E-state index in [9.17, 15) is 9.90 Å². The Morgan fingerprint density at radius 2 is 2.07 bits per heavy atom. The number of aryl methyl sites for hydroxylation is 1. The second-order valence-corrected chi connectivity index (χ2v) is 8.81. The Hall–Kier alpha value is -1.48. The molecule has 0 radical (unpaired) electrons. The van der Waals surface area contributed by atoms with Crippen LogP contribution in [0.2, 0.25) is 0 Å². The molecule has 28 heavy (non-hydrogen) atoms. The maximum atomic E-state index is 12.3. The number of carbonyl (C=O) groups is 1. The van der Waals surface area contributed by atoms with Crippen molar-refractivity contribution in [2.45, 2.75) is 56.9 Å². The maximum Gasteiger partial charge on any atom is 0.234 e. The van der Waals surface area contributed by atoms with Crippen molar-refractivity contribution in [1.29, 1.82) is 0 Å². The summed E-state index contributed by atoms with van der Waals surface area (Å²) in [6.45, 7) is 8.44. The molecule has 1 aromatic rings. The molecule has 0 aromatic carbocycles. The van der Waals surface area contributed by atoms with Crippen LogP contribution < -0.4 is 5.32 Å². The molecule has 158 valence electrons. The first kappa shape index (κ1) is 21.2. The number of aromatic nitrogens is 2. The molecule has 2 aliphatic rings. The largest absolute Gasteiger partial charge is 0.388 e. The number of hydrogen-bond donors (Lipinski definition) is 2. The van der Waals surface area contributed by atoms with Gasteiger partial charge in [0.25, 0.3) is 0 Å². The van der Waals surface area contributed by atoms with Gasteiger partial charge in [-0.15, -0.1) is 0 Å². The summed E-state index contributed by atoms with van der Waals surface area (Å²) in [5, 5.41) is 18.6. The lowest BCUT2D eigenvalue weighted by Gasteiger charge is -2.53. The lowest BCUT2D eigenvalue weighted by Crippen LogP contribution is -2.69. The maximum absolute atomic E-state index is 12.3. The molecule has 3 heterocycles. The molecule has 1 aromatic heterocycles. The molecule has 0 saturated carbocycles. The van der Waals surface area contributed by atoms with Gasteiger partial charge in [0.2, 0.25) is 5.91 Å². The van der Waals surface area contributed by atoms with E-state index in [2.05, 4.69) is 22.2 Å². The summed E-state index contributed by atoms with van der Waals surface area (Å²) in [6.07, 6.45) is 3.28. The molecule has 3 rings (SSSR count). The average Bonchev–Trinajstić information content (AvgIpc) is 3.03. The highest BCUT2D eigenvalue weighted by Crippen LogP contribution is 2.39. The second kappa shape index (κ2) is 8.49. The zero-order valence-electron chi connectivity index (χ0n) is 17.6. The van der Waals surface area contributed by atoms with Gasteiger partial charge in [0.1, 0.15) is 6.10 Å². The Kier molecular flexibility index (Phi) is 6.44. The van der Waals surface area contributed by atoms with E-state index in [0.717, 1.165) is 39.0 Å². The normalized spacial score (nSPS) is 28.0. The van der Waals surface area contributed by atoms with Crippen molar-refractivity contribution in [2.75, 3.05) is 46.9 Å². The number of nitrogens with zero attached hydrogens (tertiary/aromatic N) is 4. The van der Waals surface area contributed by atoms with Gasteiger partial charge in [-0.2, -0.15) is 5.10 Å². The summed E-state index contributed by atoms with van der Waals surface area (Å²) in [5.41, 5.74) is -0.0559. The third-order valence-corrected chi connectivity index (χ3v) is 6.26. The van der Waals surface area contributed by atoms with Crippen LogP contribution in [-0.2, 0) is 16.1 Å². The summed E-state index contributed by atoms with van der Waals surface area (Å²) < 4.78 is 8.16. The average molecular weight is 394 g/mol. The Bertz CT molecular complexity index is 669. The van der Waals surface area contributed by atoms with Crippen LogP contribution in [0.3, 0.4) is 0 Å². The SMILES string of the molecule is Cc1ccnn1CCN1CCC2(CC1)OCC[C@](C)(NC(=O)CN(C)C)[C@H]2O. The summed E-state index contributed by atoms with van der Waals surface area (Å²) in [6, 6.07) is 2.02. The van der Waals surface area contributed by atoms with Crippen molar-refractivity contribution in [1.82, 2.24) is 24.9 Å². The number of piperidine rings is 1. The molecule has 0 bridgehead atoms. The Labute approximate surface area is 167 Å². The molecule has 2 atom stereocenters. The molecule has 0 aliphatic carbocycles. The zero-order chi connectivity index (χ0) is 20.4. The predicted molar refractivity (Wildman–Crippen MR) is 107 cm³/mol. The highest BCUT2D eigenvalue weighted by molar-refractivity contribution is 5.78. The van der Waals surface area contributed by atoms with Crippen LogP contribution in [0.4, 0.5) is 0 Å². The lowest BCUT2D eigenvalue weighted by atomic mass is 9.73. The first-order valence-electron chi connectivity index (χ1n) is 10.2. The molecule has 2 N–H and O–H groups in total. The summed E-state index contributed by atoms with van der Waals surface area (Å²) in [5.74, 6) is -0.0596. The van der Waals surface area contributed by atoms with E-state index in [4.69, 9.17) is 4.74 Å². The van der Waals surface area contributed by atoms with Gasteiger partial charge in [0, 0.05) is 38.1 Å². The first-order chi connectivity index (χ1) is 13.2. The van der Waals surface area contributed by atoms with Crippen molar-refractivity contribution < 1.29 is 14.6 Å². The minimum Gasteiger partial charge on any atom is -0.388 e. The van der Waals surface area contributed by atoms with E-state index in [-0.39, 0.29) is 5.91 Å². The molecule has 2 aliphatic heterocycles. The monoisotopic (exact) mass is 393 g/mol. The van der Waals surface area contributed by atoms with Crippen molar-refractivity contribution >= 4 is 5.91 Å². The number of rotatable bonds is 6. The van der Waals surface area contributed by atoms with Gasteiger partial charge in [0.05, 0.1) is 24.2 Å². The topological polar surface area (TPSA) is 82.9 Å². The molecule has 2 fully saturated rings. The van der Waals surface area contributed by atoms with Crippen LogP contribution in [-0.4, -0.2) is 94.7 Å². The van der Waals surface area contributed by atoms with Crippen molar-refractivity contribution in [3.05, 3.63) is 18.0 Å². The van der Waals surface area contributed by atoms with Gasteiger partial charge in [-0.05, 0) is 53.3 Å². The molecule has 1 amide bonds. The minimum atomic E-state index is -0.713. The summed E-state index contributed by atoms with van der Waals surface area (Å²) >= 11 is 0. The third kappa shape index (κ3) is 4.56. The van der Waals surface area contributed by atoms with Crippen molar-refractivity contribution in [3.63, 3.8) is 0 Å². The van der Waals surface area contributed by atoms with Gasteiger partial charge in [-0.1, -0.05) is 0 Å². The second-order valence-electron chi connectivity index (χ2n) is 8.81. The van der Waals surface area contributed by atoms with E-state index in [1.54, 1.807) is 0 Å². The highest BCUT2D eigenvalue weighted by atomic mass is 16.5. The smallest absolute Gasteiger partial charge is 0.234 e. The fourth-order valence-electron chi connectivity index (χ4n) is 4.48. The van der Waals surface area contributed by atoms with E-state index < -0.39 is 17.2 Å². The van der Waals surface area contributed by atoms with Crippen LogP contribution in [0.25, 0.3) is 0 Å². The number of likely N-dealkylation sites (N-methyl/N-ethyl adjacent to an activating group) is 1. The number of nitrogens with one attached hydrogen (secondary N) is 1. The van der Waals surface area contributed by atoms with E-state index >= 15 is 0 Å². The van der Waals surface area contributed by atoms with Gasteiger partial charge < -0.3 is 25.0 Å². The van der Waals surface area contributed by atoms with Gasteiger partial charge in [-0.25, -0.2) is 0 Å². The summed E-state index contributed by atoms with van der Waals surface area (Å²) in [4.78, 5) is 16.5. The Morgan fingerprint density at radius 1 is 1.36 bits per heavy atom. The molecule has 1 spiro atoms. The van der Waals surface area contributed by atoms with Crippen LogP contribution in [0.5, 0.6) is 0 Å². The number of aliphatic hydroxyl groups excluding tert-OH is 1. The Balaban J connectivity index is 1.57. The zero-order valence-corrected chi connectivity index (χ0v) is 17.6. The van der Waals surface area contributed by atoms with Crippen molar-refractivity contribution in [2.24, 2.45) is 0 Å². The third-order valence-electron chi connectivity index (χ3n) is 6.26. The molecule has 2 saturated heterocycles. The van der Waals surface area contributed by atoms with Crippen LogP contribution in [0.15, 0.2) is 12.3 Å². The summed E-state index contributed by atoms with van der Waals surface area (Å²) in [7, 11) is 3.73. The van der Waals surface area contributed by atoms with Crippen LogP contribution >= 0.6 is 0 Å². The molecule has 0 unspecified atom stereocenters. The van der Waals surface area contributed by atoms with E-state index in [1.807, 2.05) is 42.9 Å². The first-order valence-corrected chi connectivity index (χ1v) is 10.2. The number of amides is 1. The number of hydrogen-bond acceptors (Lipinski definition) is 6. The predicted octanol–water partition coefficient (Wildman–Crippen LogP) is 0.244. The van der Waals surface area contributed by atoms with E-state index in [1.165, 1.54) is 5.69 Å². The van der Waals surface area contributed by atoms with E-state index in [0.29, 0.717) is 19.6 Å². The standard InChI is InChI=1S/C20H35N5O3/c1-16-5-9-21-25(16)13-12-24-10-6-20(7-11-24)18(27)19(2,8-14-28-20)22-17(26)15-23(3)4/h5,9,18,27H,6-8,10-15H2,1-4H3,(H,22,26)/t18-,19+/m1/s1. The number of carbonyl (C=O) groups excluding carboxylic acids is 1. The molecular weight excluding hydrogens is 358 g/mol. The van der Waals surface area contributed by atoms with Crippen LogP contribution in [0.1, 0.15) is 31.9 Å². The van der Waals surface area contributed by atoms with Crippen molar-refractivity contribution in [3.8, 4) is 0 Å². The lowest BCUT2D eigenvalue weighted by molar-refractivity contribution is -0.207. The van der Waals surface area contributed by atoms with Gasteiger partial charge in [-0.3, -0.25) is 9.48 Å². The molecule has 8 heteroatoms. The molecule has 8 nitrogen and oxygen atoms in total. The van der Waals surface area contributed by atoms with Crippen LogP contribution in [0, 0.1) is 6.92 Å². The quantitative estimate of drug-likeness (QED) is 0.721. The minimum absolute atomic E-state index is 0.0596. The number of likely N-dealkylation sites (tertiary alicyclic amines) is 1. The Morgan fingerprint density at radius 3 is 2.68 bits per heavy atom. The number of aliphatic hydroxyl groups is 1. The number of ether oxygens (including phenoxy) is 1. The fourth-order valence-corrected chi connectivity index (χ4v) is 4.48.